The Labute approximate surface area is 113 Å². The Morgan fingerprint density at radius 3 is 2.84 bits per heavy atom. The number of nitrogens with zero attached hydrogens (tertiary/aromatic N) is 1. The highest BCUT2D eigenvalue weighted by molar-refractivity contribution is 5.92. The number of β-amino-alcohol motifs (C(OH)–C–C–N with tert-alkyl or cyclic N) is 1. The summed E-state index contributed by atoms with van der Waals surface area (Å²) in [5, 5.41) is 12.4. The van der Waals surface area contributed by atoms with E-state index < -0.39 is 0 Å². The van der Waals surface area contributed by atoms with Crippen LogP contribution in [0.1, 0.15) is 12.8 Å². The Balaban J connectivity index is 1.83. The van der Waals surface area contributed by atoms with Gasteiger partial charge in [-0.2, -0.15) is 0 Å². The number of aliphatic hydroxyl groups excluding tert-OH is 1. The molecule has 1 aromatic rings. The molecule has 0 aliphatic carbocycles. The van der Waals surface area contributed by atoms with Gasteiger partial charge in [-0.15, -0.1) is 0 Å². The van der Waals surface area contributed by atoms with E-state index in [1.165, 1.54) is 0 Å². The minimum absolute atomic E-state index is 0.0562. The Morgan fingerprint density at radius 1 is 1.47 bits per heavy atom. The highest BCUT2D eigenvalue weighted by Gasteiger charge is 2.19. The average molecular weight is 264 g/mol. The molecule has 0 saturated carbocycles. The molecule has 2 rings (SSSR count). The molecule has 0 unspecified atom stereocenters. The fourth-order valence-corrected chi connectivity index (χ4v) is 2.25. The van der Waals surface area contributed by atoms with Gasteiger partial charge < -0.3 is 15.2 Å². The summed E-state index contributed by atoms with van der Waals surface area (Å²) in [5.74, 6) is 0.705. The van der Waals surface area contributed by atoms with Gasteiger partial charge in [0.15, 0.2) is 0 Å². The first-order chi connectivity index (χ1) is 9.17. The molecule has 1 atom stereocenters. The van der Waals surface area contributed by atoms with Crippen LogP contribution in [-0.2, 0) is 4.79 Å². The van der Waals surface area contributed by atoms with Crippen molar-refractivity contribution < 1.29 is 14.6 Å². The third-order valence-electron chi connectivity index (χ3n) is 3.22. The van der Waals surface area contributed by atoms with Crippen molar-refractivity contribution in [3.05, 3.63) is 24.3 Å². The summed E-state index contributed by atoms with van der Waals surface area (Å²) in [6, 6.07) is 7.23. The van der Waals surface area contributed by atoms with E-state index in [1.807, 2.05) is 17.0 Å². The minimum Gasteiger partial charge on any atom is -0.497 e. The lowest BCUT2D eigenvalue weighted by molar-refractivity contribution is -0.118. The molecule has 104 valence electrons. The van der Waals surface area contributed by atoms with E-state index in [0.717, 1.165) is 30.8 Å². The molecule has 0 radical (unpaired) electrons. The van der Waals surface area contributed by atoms with Crippen molar-refractivity contribution in [3.63, 3.8) is 0 Å². The van der Waals surface area contributed by atoms with Crippen LogP contribution in [0.2, 0.25) is 0 Å². The molecular formula is C14H20N2O3. The summed E-state index contributed by atoms with van der Waals surface area (Å²) in [5.41, 5.74) is 0.753. The number of methoxy groups -OCH3 is 1. The number of nitrogens with one attached hydrogen (secondary N) is 1. The summed E-state index contributed by atoms with van der Waals surface area (Å²) < 4.78 is 5.06. The van der Waals surface area contributed by atoms with Gasteiger partial charge in [-0.25, -0.2) is 0 Å². The Bertz CT molecular complexity index is 419. The number of likely N-dealkylation sites (tertiary alicyclic amines) is 1. The molecule has 1 saturated heterocycles. The Hall–Kier alpha value is -1.59. The number of hydrogen-bond donors (Lipinski definition) is 2. The molecular weight excluding hydrogens is 244 g/mol. The van der Waals surface area contributed by atoms with Crippen molar-refractivity contribution in [2.75, 3.05) is 32.1 Å². The molecule has 0 spiro atoms. The van der Waals surface area contributed by atoms with Gasteiger partial charge in [0.1, 0.15) is 5.75 Å². The Morgan fingerprint density at radius 2 is 2.21 bits per heavy atom. The zero-order chi connectivity index (χ0) is 13.7. The smallest absolute Gasteiger partial charge is 0.238 e. The third kappa shape index (κ3) is 4.22. The van der Waals surface area contributed by atoms with Crippen LogP contribution in [0, 0.1) is 0 Å². The molecule has 2 N–H and O–H groups in total. The number of hydrogen-bond acceptors (Lipinski definition) is 4. The van der Waals surface area contributed by atoms with Gasteiger partial charge in [0.2, 0.25) is 5.91 Å². The van der Waals surface area contributed by atoms with Crippen molar-refractivity contribution in [2.24, 2.45) is 0 Å². The van der Waals surface area contributed by atoms with Gasteiger partial charge in [0.25, 0.3) is 0 Å². The van der Waals surface area contributed by atoms with Crippen molar-refractivity contribution in [2.45, 2.75) is 18.9 Å². The van der Waals surface area contributed by atoms with Crippen LogP contribution in [0.4, 0.5) is 5.69 Å². The molecule has 1 fully saturated rings. The second-order valence-corrected chi connectivity index (χ2v) is 4.81. The normalized spacial score (nSPS) is 20.0. The number of carbonyl (C=O) groups is 1. The molecule has 1 aliphatic rings. The number of carbonyl (C=O) groups excluding carboxylic acids is 1. The molecule has 5 heteroatoms. The number of anilines is 1. The second kappa shape index (κ2) is 6.54. The van der Waals surface area contributed by atoms with Crippen LogP contribution in [0.25, 0.3) is 0 Å². The summed E-state index contributed by atoms with van der Waals surface area (Å²) in [4.78, 5) is 13.9. The van der Waals surface area contributed by atoms with Crippen LogP contribution in [0.15, 0.2) is 24.3 Å². The summed E-state index contributed by atoms with van der Waals surface area (Å²) in [6.45, 7) is 1.77. The number of rotatable bonds is 4. The van der Waals surface area contributed by atoms with Crippen molar-refractivity contribution in [3.8, 4) is 5.75 Å². The van der Waals surface area contributed by atoms with Crippen LogP contribution in [-0.4, -0.2) is 48.8 Å². The van der Waals surface area contributed by atoms with E-state index in [0.29, 0.717) is 13.1 Å². The fraction of sp³-hybridized carbons (Fsp3) is 0.500. The molecule has 19 heavy (non-hydrogen) atoms. The van der Waals surface area contributed by atoms with E-state index in [9.17, 15) is 9.90 Å². The lowest BCUT2D eigenvalue weighted by atomic mass is 10.1. The second-order valence-electron chi connectivity index (χ2n) is 4.81. The topological polar surface area (TPSA) is 61.8 Å². The van der Waals surface area contributed by atoms with Gasteiger partial charge >= 0.3 is 0 Å². The molecule has 1 amide bonds. The lowest BCUT2D eigenvalue weighted by Gasteiger charge is -2.29. The standard InChI is InChI=1S/C14H20N2O3/c1-19-13-6-4-11(5-7-13)15-14(18)10-16-8-2-3-12(17)9-16/h4-7,12,17H,2-3,8-10H2,1H3,(H,15,18)/t12-/m0/s1. The third-order valence-corrected chi connectivity index (χ3v) is 3.22. The summed E-state index contributed by atoms with van der Waals surface area (Å²) in [7, 11) is 1.61. The van der Waals surface area contributed by atoms with E-state index in [4.69, 9.17) is 4.74 Å². The maximum absolute atomic E-state index is 11.9. The summed E-state index contributed by atoms with van der Waals surface area (Å²) >= 11 is 0. The SMILES string of the molecule is COc1ccc(NC(=O)CN2CCC[C@H](O)C2)cc1. The van der Waals surface area contributed by atoms with E-state index >= 15 is 0 Å². The highest BCUT2D eigenvalue weighted by atomic mass is 16.5. The Kier molecular flexibility index (Phi) is 4.76. The maximum Gasteiger partial charge on any atom is 0.238 e. The van der Waals surface area contributed by atoms with Gasteiger partial charge in [-0.1, -0.05) is 0 Å². The number of ether oxygens (including phenoxy) is 1. The van der Waals surface area contributed by atoms with Crippen molar-refractivity contribution >= 4 is 11.6 Å². The van der Waals surface area contributed by atoms with Crippen molar-refractivity contribution in [1.82, 2.24) is 4.90 Å². The van der Waals surface area contributed by atoms with Crippen molar-refractivity contribution in [1.29, 1.82) is 0 Å². The van der Waals surface area contributed by atoms with Crippen LogP contribution in [0.5, 0.6) is 5.75 Å². The molecule has 5 nitrogen and oxygen atoms in total. The number of aliphatic hydroxyl groups is 1. The zero-order valence-electron chi connectivity index (χ0n) is 11.1. The van der Waals surface area contributed by atoms with Crippen LogP contribution < -0.4 is 10.1 Å². The molecule has 1 heterocycles. The first kappa shape index (κ1) is 13.8. The van der Waals surface area contributed by atoms with E-state index in [2.05, 4.69) is 5.32 Å². The first-order valence-electron chi connectivity index (χ1n) is 6.51. The van der Waals surface area contributed by atoms with E-state index in [1.54, 1.807) is 19.2 Å². The van der Waals surface area contributed by atoms with Crippen LogP contribution in [0.3, 0.4) is 0 Å². The highest BCUT2D eigenvalue weighted by Crippen LogP contribution is 2.15. The largest absolute Gasteiger partial charge is 0.497 e. The maximum atomic E-state index is 11.9. The summed E-state index contributed by atoms with van der Waals surface area (Å²) in [6.07, 6.45) is 1.47. The number of piperidine rings is 1. The number of amides is 1. The monoisotopic (exact) mass is 264 g/mol. The predicted molar refractivity (Wildman–Crippen MR) is 73.3 cm³/mol. The van der Waals surface area contributed by atoms with E-state index in [-0.39, 0.29) is 12.0 Å². The van der Waals surface area contributed by atoms with Gasteiger partial charge in [0.05, 0.1) is 19.8 Å². The molecule has 0 aromatic heterocycles. The van der Waals surface area contributed by atoms with Gasteiger partial charge in [0, 0.05) is 12.2 Å². The van der Waals surface area contributed by atoms with Gasteiger partial charge in [-0.05, 0) is 43.7 Å². The number of benzene rings is 1. The quantitative estimate of drug-likeness (QED) is 0.854. The minimum atomic E-state index is -0.303. The van der Waals surface area contributed by atoms with Gasteiger partial charge in [-0.3, -0.25) is 9.69 Å². The predicted octanol–water partition coefficient (Wildman–Crippen LogP) is 1.09. The molecule has 1 aliphatic heterocycles. The molecule has 1 aromatic carbocycles. The first-order valence-corrected chi connectivity index (χ1v) is 6.51. The van der Waals surface area contributed by atoms with Crippen LogP contribution >= 0.6 is 0 Å². The average Bonchev–Trinajstić information content (AvgIpc) is 2.39. The zero-order valence-corrected chi connectivity index (χ0v) is 11.1. The molecule has 0 bridgehead atoms. The lowest BCUT2D eigenvalue weighted by Crippen LogP contribution is -2.42. The fourth-order valence-electron chi connectivity index (χ4n) is 2.25.